The van der Waals surface area contributed by atoms with Gasteiger partial charge in [-0.2, -0.15) is 0 Å². The van der Waals surface area contributed by atoms with Gasteiger partial charge in [0.25, 0.3) is 5.91 Å². The van der Waals surface area contributed by atoms with E-state index in [9.17, 15) is 4.79 Å². The second kappa shape index (κ2) is 5.66. The zero-order chi connectivity index (χ0) is 14.7. The van der Waals surface area contributed by atoms with Crippen LogP contribution in [0.3, 0.4) is 0 Å². The van der Waals surface area contributed by atoms with Gasteiger partial charge in [0.05, 0.1) is 24.6 Å². The molecule has 0 aliphatic heterocycles. The van der Waals surface area contributed by atoms with Crippen LogP contribution in [0.25, 0.3) is 0 Å². The third-order valence-electron chi connectivity index (χ3n) is 3.08. The van der Waals surface area contributed by atoms with Crippen LogP contribution in [0.4, 0.5) is 0 Å². The number of carbonyl (C=O) groups is 1. The molecule has 0 radical (unpaired) electrons. The summed E-state index contributed by atoms with van der Waals surface area (Å²) < 4.78 is 12.3. The summed E-state index contributed by atoms with van der Waals surface area (Å²) >= 11 is 0. The Morgan fingerprint density at radius 3 is 2.43 bits per heavy atom. The summed E-state index contributed by atoms with van der Waals surface area (Å²) in [4.78, 5) is 12.0. The van der Waals surface area contributed by atoms with Crippen molar-refractivity contribution in [2.24, 2.45) is 7.05 Å². The molecule has 1 amide bonds. The van der Waals surface area contributed by atoms with E-state index in [0.717, 1.165) is 11.5 Å². The highest BCUT2D eigenvalue weighted by atomic mass is 16.3. The number of furan rings is 2. The van der Waals surface area contributed by atoms with E-state index >= 15 is 0 Å². The fraction of sp³-hybridized carbons (Fsp3) is 0.214. The molecule has 3 heterocycles. The largest absolute Gasteiger partial charge is 0.469 e. The molecule has 3 aromatic heterocycles. The third-order valence-corrected chi connectivity index (χ3v) is 3.08. The smallest absolute Gasteiger partial charge is 0.273 e. The molecule has 7 heteroatoms. The Labute approximate surface area is 120 Å². The summed E-state index contributed by atoms with van der Waals surface area (Å²) in [6, 6.07) is 7.30. The number of hydrogen-bond donors (Lipinski definition) is 1. The zero-order valence-electron chi connectivity index (χ0n) is 11.4. The van der Waals surface area contributed by atoms with Crippen LogP contribution in [0.15, 0.2) is 51.8 Å². The van der Waals surface area contributed by atoms with Gasteiger partial charge in [0.2, 0.25) is 0 Å². The predicted octanol–water partition coefficient (Wildman–Crippen LogP) is 1.56. The van der Waals surface area contributed by atoms with Crippen LogP contribution in [0, 0.1) is 0 Å². The maximum atomic E-state index is 12.0. The summed E-state index contributed by atoms with van der Waals surface area (Å²) in [7, 11) is 1.71. The molecule has 0 spiro atoms. The highest BCUT2D eigenvalue weighted by Gasteiger charge is 2.21. The molecule has 1 N–H and O–H groups in total. The van der Waals surface area contributed by atoms with E-state index < -0.39 is 0 Å². The fourth-order valence-electron chi connectivity index (χ4n) is 2.06. The number of nitrogens with one attached hydrogen (secondary N) is 1. The summed E-state index contributed by atoms with van der Waals surface area (Å²) in [5.41, 5.74) is 0.273. The molecular weight excluding hydrogens is 272 g/mol. The summed E-state index contributed by atoms with van der Waals surface area (Å²) in [5.74, 6) is 0.982. The van der Waals surface area contributed by atoms with Crippen molar-refractivity contribution in [1.82, 2.24) is 20.3 Å². The minimum atomic E-state index is -0.286. The van der Waals surface area contributed by atoms with Gasteiger partial charge in [-0.3, -0.25) is 9.48 Å². The Morgan fingerprint density at radius 2 is 1.95 bits per heavy atom. The number of amides is 1. The lowest BCUT2D eigenvalue weighted by atomic mass is 10.0. The average molecular weight is 286 g/mol. The summed E-state index contributed by atoms with van der Waals surface area (Å²) in [6.45, 7) is 0.344. The highest BCUT2D eigenvalue weighted by Crippen LogP contribution is 2.24. The van der Waals surface area contributed by atoms with Gasteiger partial charge < -0.3 is 14.2 Å². The maximum absolute atomic E-state index is 12.0. The minimum absolute atomic E-state index is 0.185. The first-order chi connectivity index (χ1) is 10.2. The lowest BCUT2D eigenvalue weighted by Gasteiger charge is -2.12. The number of aromatic nitrogens is 3. The van der Waals surface area contributed by atoms with Crippen molar-refractivity contribution >= 4 is 5.91 Å². The molecule has 0 bridgehead atoms. The SMILES string of the molecule is Cn1cc(C(=O)NCC(c2ccco2)c2ccco2)nn1. The Kier molecular flexibility index (Phi) is 3.55. The highest BCUT2D eigenvalue weighted by molar-refractivity contribution is 5.91. The molecule has 108 valence electrons. The molecule has 0 aromatic carbocycles. The average Bonchev–Trinajstić information content (AvgIpc) is 3.21. The van der Waals surface area contributed by atoms with Gasteiger partial charge in [0.15, 0.2) is 5.69 Å². The lowest BCUT2D eigenvalue weighted by molar-refractivity contribution is 0.0946. The summed E-state index contributed by atoms with van der Waals surface area (Å²) in [6.07, 6.45) is 4.75. The lowest BCUT2D eigenvalue weighted by Crippen LogP contribution is -2.29. The Balaban J connectivity index is 1.72. The first kappa shape index (κ1) is 13.2. The normalized spacial score (nSPS) is 11.0. The van der Waals surface area contributed by atoms with Crippen LogP contribution < -0.4 is 5.32 Å². The Hall–Kier alpha value is -2.83. The molecule has 0 fully saturated rings. The van der Waals surface area contributed by atoms with Crippen LogP contribution in [0.1, 0.15) is 27.9 Å². The van der Waals surface area contributed by atoms with E-state index in [2.05, 4.69) is 15.6 Å². The van der Waals surface area contributed by atoms with Crippen molar-refractivity contribution in [2.45, 2.75) is 5.92 Å². The van der Waals surface area contributed by atoms with E-state index in [1.807, 2.05) is 12.1 Å². The number of carbonyl (C=O) groups excluding carboxylic acids is 1. The van der Waals surface area contributed by atoms with Crippen molar-refractivity contribution in [3.8, 4) is 0 Å². The van der Waals surface area contributed by atoms with Gasteiger partial charge in [-0.1, -0.05) is 5.21 Å². The van der Waals surface area contributed by atoms with Crippen molar-refractivity contribution in [3.63, 3.8) is 0 Å². The summed E-state index contributed by atoms with van der Waals surface area (Å²) in [5, 5.41) is 10.3. The van der Waals surface area contributed by atoms with Gasteiger partial charge in [-0.25, -0.2) is 0 Å². The van der Waals surface area contributed by atoms with E-state index in [-0.39, 0.29) is 17.5 Å². The number of rotatable bonds is 5. The van der Waals surface area contributed by atoms with Gasteiger partial charge >= 0.3 is 0 Å². The molecular formula is C14H14N4O3. The molecule has 0 saturated carbocycles. The van der Waals surface area contributed by atoms with Crippen LogP contribution in [-0.4, -0.2) is 27.4 Å². The molecule has 3 aromatic rings. The zero-order valence-corrected chi connectivity index (χ0v) is 11.4. The molecule has 3 rings (SSSR count). The van der Waals surface area contributed by atoms with E-state index in [0.29, 0.717) is 6.54 Å². The van der Waals surface area contributed by atoms with E-state index in [1.165, 1.54) is 4.68 Å². The van der Waals surface area contributed by atoms with Crippen molar-refractivity contribution < 1.29 is 13.6 Å². The van der Waals surface area contributed by atoms with Crippen LogP contribution in [0.5, 0.6) is 0 Å². The first-order valence-electron chi connectivity index (χ1n) is 6.45. The molecule has 0 atom stereocenters. The quantitative estimate of drug-likeness (QED) is 0.769. The number of nitrogens with zero attached hydrogens (tertiary/aromatic N) is 3. The fourth-order valence-corrected chi connectivity index (χ4v) is 2.06. The maximum Gasteiger partial charge on any atom is 0.273 e. The van der Waals surface area contributed by atoms with Crippen LogP contribution in [0.2, 0.25) is 0 Å². The van der Waals surface area contributed by atoms with Gasteiger partial charge in [-0.15, -0.1) is 5.10 Å². The minimum Gasteiger partial charge on any atom is -0.469 e. The second-order valence-electron chi connectivity index (χ2n) is 4.57. The number of hydrogen-bond acceptors (Lipinski definition) is 5. The first-order valence-corrected chi connectivity index (χ1v) is 6.45. The molecule has 7 nitrogen and oxygen atoms in total. The van der Waals surface area contributed by atoms with Crippen LogP contribution >= 0.6 is 0 Å². The van der Waals surface area contributed by atoms with Crippen LogP contribution in [-0.2, 0) is 7.05 Å². The van der Waals surface area contributed by atoms with Crippen molar-refractivity contribution in [3.05, 3.63) is 60.2 Å². The standard InChI is InChI=1S/C14H14N4O3/c1-18-9-11(16-17-18)14(19)15-8-10(12-4-2-6-20-12)13-5-3-7-21-13/h2-7,9-10H,8H2,1H3,(H,15,19). The van der Waals surface area contributed by atoms with Crippen molar-refractivity contribution in [2.75, 3.05) is 6.54 Å². The van der Waals surface area contributed by atoms with Gasteiger partial charge in [0, 0.05) is 13.6 Å². The molecule has 0 unspecified atom stereocenters. The monoisotopic (exact) mass is 286 g/mol. The molecule has 0 aliphatic rings. The van der Waals surface area contributed by atoms with E-state index in [4.69, 9.17) is 8.83 Å². The van der Waals surface area contributed by atoms with Gasteiger partial charge in [0.1, 0.15) is 11.5 Å². The molecule has 21 heavy (non-hydrogen) atoms. The predicted molar refractivity (Wildman–Crippen MR) is 72.6 cm³/mol. The molecule has 0 saturated heterocycles. The van der Waals surface area contributed by atoms with Gasteiger partial charge in [-0.05, 0) is 24.3 Å². The topological polar surface area (TPSA) is 86.1 Å². The Bertz CT molecular complexity index is 666. The number of aryl methyl sites for hydroxylation is 1. The van der Waals surface area contributed by atoms with Crippen molar-refractivity contribution in [1.29, 1.82) is 0 Å². The Morgan fingerprint density at radius 1 is 1.29 bits per heavy atom. The second-order valence-corrected chi connectivity index (χ2v) is 4.57. The van der Waals surface area contributed by atoms with E-state index in [1.54, 1.807) is 37.9 Å². The molecule has 0 aliphatic carbocycles. The third kappa shape index (κ3) is 2.86.